The number of benzene rings is 7. The predicted octanol–water partition coefficient (Wildman–Crippen LogP) is 17.8. The second-order valence-electron chi connectivity index (χ2n) is 23.9. The van der Waals surface area contributed by atoms with Crippen molar-refractivity contribution in [3.05, 3.63) is 185 Å². The van der Waals surface area contributed by atoms with E-state index in [2.05, 4.69) is 227 Å². The Morgan fingerprint density at radius 3 is 1.54 bits per heavy atom. The number of hydrogen-bond acceptors (Lipinski definition) is 1. The fourth-order valence-corrected chi connectivity index (χ4v) is 12.8. The van der Waals surface area contributed by atoms with Gasteiger partial charge in [-0.1, -0.05) is 192 Å². The second-order valence-corrected chi connectivity index (χ2v) is 23.9. The molecule has 0 aliphatic heterocycles. The summed E-state index contributed by atoms with van der Waals surface area (Å²) in [5.74, 6) is 1.49. The average Bonchev–Trinajstić information content (AvgIpc) is 4.02. The van der Waals surface area contributed by atoms with Crippen LogP contribution in [0.5, 0.6) is 0 Å². The van der Waals surface area contributed by atoms with Gasteiger partial charge in [0.1, 0.15) is 0 Å². The SMILES string of the molecule is CC(C)(C)c1ccc(-c2ccc(C(C)(C)C)cc2-c2ccc(C(C)(C)C)cc2N(c2ccc3c(c2)C(C)(C)c2ccccc2-3)c2ccc3c(c2)C2(CC4CCC2C4)c2ccccc2-3)cc1. The summed E-state index contributed by atoms with van der Waals surface area (Å²) >= 11 is 0. The molecule has 7 aromatic carbocycles. The van der Waals surface area contributed by atoms with Gasteiger partial charge in [0.15, 0.2) is 0 Å². The van der Waals surface area contributed by atoms with E-state index < -0.39 is 0 Å². The van der Waals surface area contributed by atoms with Gasteiger partial charge in [-0.3, -0.25) is 0 Å². The lowest BCUT2D eigenvalue weighted by Crippen LogP contribution is -2.32. The van der Waals surface area contributed by atoms with E-state index >= 15 is 0 Å². The molecule has 1 spiro atoms. The van der Waals surface area contributed by atoms with Crippen molar-refractivity contribution < 1.29 is 0 Å². The van der Waals surface area contributed by atoms with E-state index in [1.54, 1.807) is 11.1 Å². The van der Waals surface area contributed by atoms with E-state index in [-0.39, 0.29) is 27.1 Å². The Balaban J connectivity index is 1.20. The summed E-state index contributed by atoms with van der Waals surface area (Å²) in [6.07, 6.45) is 5.32. The van der Waals surface area contributed by atoms with E-state index in [4.69, 9.17) is 0 Å². The molecule has 328 valence electrons. The molecular weight excluding hydrogens is 783 g/mol. The van der Waals surface area contributed by atoms with Crippen molar-refractivity contribution in [2.24, 2.45) is 11.8 Å². The fraction of sp³-hybridized carbons (Fsp3) is 0.344. The van der Waals surface area contributed by atoms with Gasteiger partial charge in [-0.2, -0.15) is 0 Å². The van der Waals surface area contributed by atoms with Gasteiger partial charge < -0.3 is 4.90 Å². The van der Waals surface area contributed by atoms with E-state index in [9.17, 15) is 0 Å². The highest BCUT2D eigenvalue weighted by Gasteiger charge is 2.56. The van der Waals surface area contributed by atoms with Crippen LogP contribution in [-0.2, 0) is 27.1 Å². The lowest BCUT2D eigenvalue weighted by atomic mass is 9.67. The van der Waals surface area contributed by atoms with E-state index in [0.29, 0.717) is 5.92 Å². The number of anilines is 3. The minimum atomic E-state index is -0.135. The third kappa shape index (κ3) is 6.53. The molecule has 0 heterocycles. The van der Waals surface area contributed by atoms with E-state index in [1.165, 1.54) is 115 Å². The first kappa shape index (κ1) is 42.0. The van der Waals surface area contributed by atoms with Crippen molar-refractivity contribution >= 4 is 17.1 Å². The standard InChI is InChI=1S/C64H67N/c1-60(2,3)42-24-21-41(22-25-42)48-30-26-43(61(4,5)6)35-54(48)53-31-27-44(62(7,8)9)36-59(53)65(46-28-32-51-49-16-12-14-18-55(49)63(10,11)57(51)37-46)47-29-33-52-50-17-13-15-19-56(50)64(58(52)38-47)39-40-20-23-45(64)34-40/h12-19,21-22,24-33,35-38,40,45H,20,23,34,39H2,1-11H3. The number of fused-ring (bicyclic) bond motifs is 11. The highest BCUT2D eigenvalue weighted by Crippen LogP contribution is 2.66. The minimum absolute atomic E-state index is 0.0287. The Bertz CT molecular complexity index is 3030. The van der Waals surface area contributed by atoms with Crippen LogP contribution in [0.4, 0.5) is 17.1 Å². The van der Waals surface area contributed by atoms with Crippen LogP contribution in [0.15, 0.2) is 146 Å². The summed E-state index contributed by atoms with van der Waals surface area (Å²) in [5, 5.41) is 0. The molecule has 11 rings (SSSR count). The summed E-state index contributed by atoms with van der Waals surface area (Å²) in [6, 6.07) is 57.5. The van der Waals surface area contributed by atoms with Crippen molar-refractivity contribution in [2.75, 3.05) is 4.90 Å². The average molecular weight is 850 g/mol. The van der Waals surface area contributed by atoms with Crippen LogP contribution >= 0.6 is 0 Å². The molecule has 0 saturated heterocycles. The van der Waals surface area contributed by atoms with Gasteiger partial charge >= 0.3 is 0 Å². The highest BCUT2D eigenvalue weighted by atomic mass is 15.1. The van der Waals surface area contributed by atoms with Crippen LogP contribution in [0, 0.1) is 11.8 Å². The van der Waals surface area contributed by atoms with Crippen LogP contribution in [-0.4, -0.2) is 0 Å². The van der Waals surface area contributed by atoms with Gasteiger partial charge in [-0.05, 0) is 162 Å². The quantitative estimate of drug-likeness (QED) is 0.167. The molecule has 2 fully saturated rings. The molecule has 0 N–H and O–H groups in total. The zero-order valence-corrected chi connectivity index (χ0v) is 40.8. The van der Waals surface area contributed by atoms with E-state index in [0.717, 1.165) is 5.92 Å². The first-order valence-corrected chi connectivity index (χ1v) is 24.5. The molecule has 1 heteroatoms. The summed E-state index contributed by atoms with van der Waals surface area (Å²) in [4.78, 5) is 2.66. The second kappa shape index (κ2) is 14.4. The Hall–Kier alpha value is -5.66. The lowest BCUT2D eigenvalue weighted by Gasteiger charge is -2.37. The topological polar surface area (TPSA) is 3.24 Å². The third-order valence-corrected chi connectivity index (χ3v) is 16.5. The van der Waals surface area contributed by atoms with Crippen molar-refractivity contribution in [3.63, 3.8) is 0 Å². The van der Waals surface area contributed by atoms with Crippen molar-refractivity contribution in [1.82, 2.24) is 0 Å². The third-order valence-electron chi connectivity index (χ3n) is 16.5. The van der Waals surface area contributed by atoms with Crippen molar-refractivity contribution in [3.8, 4) is 44.5 Å². The minimum Gasteiger partial charge on any atom is -0.310 e. The summed E-state index contributed by atoms with van der Waals surface area (Å²) in [6.45, 7) is 25.9. The number of hydrogen-bond donors (Lipinski definition) is 0. The molecule has 4 aliphatic rings. The molecule has 3 atom stereocenters. The Morgan fingerprint density at radius 2 is 0.938 bits per heavy atom. The largest absolute Gasteiger partial charge is 0.310 e. The Labute approximate surface area is 390 Å². The molecule has 1 nitrogen and oxygen atoms in total. The molecule has 2 saturated carbocycles. The van der Waals surface area contributed by atoms with Crippen LogP contribution in [0.25, 0.3) is 44.5 Å². The van der Waals surface area contributed by atoms with Gasteiger partial charge in [-0.25, -0.2) is 0 Å². The van der Waals surface area contributed by atoms with Crippen molar-refractivity contribution in [1.29, 1.82) is 0 Å². The fourth-order valence-electron chi connectivity index (χ4n) is 12.8. The van der Waals surface area contributed by atoms with Crippen LogP contribution in [0.1, 0.15) is 141 Å². The summed E-state index contributed by atoms with van der Waals surface area (Å²) < 4.78 is 0. The normalized spacial score (nSPS) is 20.2. The molecule has 0 amide bonds. The zero-order chi connectivity index (χ0) is 45.4. The molecule has 7 aromatic rings. The smallest absolute Gasteiger partial charge is 0.0543 e. The highest BCUT2D eigenvalue weighted by molar-refractivity contribution is 5.96. The van der Waals surface area contributed by atoms with Crippen LogP contribution in [0.2, 0.25) is 0 Å². The van der Waals surface area contributed by atoms with Gasteiger partial charge in [0.2, 0.25) is 0 Å². The van der Waals surface area contributed by atoms with Crippen molar-refractivity contribution in [2.45, 2.75) is 129 Å². The maximum Gasteiger partial charge on any atom is 0.0543 e. The van der Waals surface area contributed by atoms with Gasteiger partial charge in [0.25, 0.3) is 0 Å². The molecule has 0 radical (unpaired) electrons. The van der Waals surface area contributed by atoms with Gasteiger partial charge in [0.05, 0.1) is 5.69 Å². The first-order valence-electron chi connectivity index (χ1n) is 24.5. The van der Waals surface area contributed by atoms with Gasteiger partial charge in [-0.15, -0.1) is 0 Å². The van der Waals surface area contributed by atoms with Gasteiger partial charge in [0, 0.05) is 27.8 Å². The summed E-state index contributed by atoms with van der Waals surface area (Å²) in [5.41, 5.74) is 24.1. The molecule has 0 aromatic heterocycles. The van der Waals surface area contributed by atoms with E-state index in [1.807, 2.05) is 0 Å². The monoisotopic (exact) mass is 850 g/mol. The van der Waals surface area contributed by atoms with Crippen LogP contribution in [0.3, 0.4) is 0 Å². The Kier molecular flexibility index (Phi) is 9.32. The lowest BCUT2D eigenvalue weighted by molar-refractivity contribution is 0.327. The molecule has 4 aliphatic carbocycles. The molecule has 2 bridgehead atoms. The first-order chi connectivity index (χ1) is 30.8. The maximum absolute atomic E-state index is 2.66. The maximum atomic E-state index is 2.66. The zero-order valence-electron chi connectivity index (χ0n) is 40.8. The molecular formula is C64H67N. The summed E-state index contributed by atoms with van der Waals surface area (Å²) in [7, 11) is 0. The number of nitrogens with zero attached hydrogens (tertiary/aromatic N) is 1. The molecule has 3 unspecified atom stereocenters. The molecule has 65 heavy (non-hydrogen) atoms. The number of rotatable bonds is 5. The Morgan fingerprint density at radius 1 is 0.431 bits per heavy atom. The predicted molar refractivity (Wildman–Crippen MR) is 277 cm³/mol. The van der Waals surface area contributed by atoms with Crippen LogP contribution < -0.4 is 4.90 Å².